The van der Waals surface area contributed by atoms with E-state index >= 15 is 0 Å². The molecule has 0 aromatic heterocycles. The lowest BCUT2D eigenvalue weighted by molar-refractivity contribution is -0.217. The van der Waals surface area contributed by atoms with Gasteiger partial charge in [-0.05, 0) is 127 Å². The second-order valence-corrected chi connectivity index (χ2v) is 10.8. The molecule has 0 radical (unpaired) electrons. The van der Waals surface area contributed by atoms with Crippen LogP contribution in [-0.4, -0.2) is 43.6 Å². The van der Waals surface area contributed by atoms with Crippen LogP contribution in [-0.2, 0) is 25.8 Å². The summed E-state index contributed by atoms with van der Waals surface area (Å²) in [5.41, 5.74) is 2.82. The Morgan fingerprint density at radius 3 is 1.71 bits per heavy atom. The minimum atomic E-state index is -0.523. The fourth-order valence-corrected chi connectivity index (χ4v) is 4.24. The summed E-state index contributed by atoms with van der Waals surface area (Å²) in [6.45, 7) is 7.87. The molecule has 0 atom stereocenters. The first-order valence-corrected chi connectivity index (χ1v) is 16.2. The van der Waals surface area contributed by atoms with Crippen LogP contribution in [0.1, 0.15) is 52.7 Å². The fraction of sp³-hybridized carbons (Fsp3) is 0.175. The van der Waals surface area contributed by atoms with Gasteiger partial charge >= 0.3 is 17.9 Å². The van der Waals surface area contributed by atoms with Gasteiger partial charge in [-0.3, -0.25) is 0 Å². The highest BCUT2D eigenvalue weighted by Crippen LogP contribution is 2.18. The topological polar surface area (TPSA) is 131 Å². The SMILES string of the molecule is C=CC(=O)OCCCCCCOc1ccc(C(=O)Oc2ccc(/C=N/N=C/c3ccc(OOCc4ccc(OC(=O)C=C)cc4)cc3)cc2)cc1. The number of carbonyl (C=O) groups excluding carboxylic acids is 3. The van der Waals surface area contributed by atoms with Crippen LogP contribution in [0.15, 0.2) is 133 Å². The van der Waals surface area contributed by atoms with Gasteiger partial charge in [0.1, 0.15) is 23.9 Å². The molecule has 4 aromatic carbocycles. The quantitative estimate of drug-likeness (QED) is 0.0175. The van der Waals surface area contributed by atoms with Crippen molar-refractivity contribution in [2.24, 2.45) is 10.2 Å². The van der Waals surface area contributed by atoms with Crippen LogP contribution in [0.5, 0.6) is 23.0 Å². The molecule has 0 amide bonds. The van der Waals surface area contributed by atoms with E-state index in [1.165, 1.54) is 0 Å². The van der Waals surface area contributed by atoms with Gasteiger partial charge in [0.2, 0.25) is 0 Å². The molecule has 0 saturated heterocycles. The number of nitrogens with zero attached hydrogens (tertiary/aromatic N) is 2. The summed E-state index contributed by atoms with van der Waals surface area (Å²) >= 11 is 0. The number of benzene rings is 4. The Morgan fingerprint density at radius 2 is 1.10 bits per heavy atom. The number of unbranched alkanes of at least 4 members (excludes halogenated alkanes) is 3. The van der Waals surface area contributed by atoms with Crippen LogP contribution in [0.2, 0.25) is 0 Å². The molecule has 0 spiro atoms. The predicted molar refractivity (Wildman–Crippen MR) is 192 cm³/mol. The van der Waals surface area contributed by atoms with Gasteiger partial charge in [-0.2, -0.15) is 15.1 Å². The Morgan fingerprint density at radius 1 is 0.569 bits per heavy atom. The molecule has 0 unspecified atom stereocenters. The molecule has 4 aromatic rings. The van der Waals surface area contributed by atoms with E-state index in [9.17, 15) is 14.4 Å². The maximum atomic E-state index is 12.6. The highest BCUT2D eigenvalue weighted by atomic mass is 17.2. The van der Waals surface area contributed by atoms with Gasteiger partial charge in [0.05, 0.1) is 31.2 Å². The molecule has 51 heavy (non-hydrogen) atoms. The summed E-state index contributed by atoms with van der Waals surface area (Å²) in [4.78, 5) is 45.5. The first-order valence-electron chi connectivity index (χ1n) is 16.2. The van der Waals surface area contributed by atoms with Crippen molar-refractivity contribution in [3.05, 3.63) is 145 Å². The van der Waals surface area contributed by atoms with E-state index < -0.39 is 17.9 Å². The number of ether oxygens (including phenoxy) is 4. The van der Waals surface area contributed by atoms with Gasteiger partial charge in [0.15, 0.2) is 5.75 Å². The van der Waals surface area contributed by atoms with Gasteiger partial charge in [-0.1, -0.05) is 25.3 Å². The normalized spacial score (nSPS) is 10.8. The first kappa shape index (κ1) is 37.5. The van der Waals surface area contributed by atoms with Crippen LogP contribution < -0.4 is 19.1 Å². The Kier molecular flexibility index (Phi) is 15.4. The summed E-state index contributed by atoms with van der Waals surface area (Å²) < 4.78 is 21.2. The van der Waals surface area contributed by atoms with Crippen molar-refractivity contribution < 1.29 is 43.1 Å². The Balaban J connectivity index is 1.12. The lowest BCUT2D eigenvalue weighted by atomic mass is 10.2. The lowest BCUT2D eigenvalue weighted by Crippen LogP contribution is -2.08. The van der Waals surface area contributed by atoms with Crippen LogP contribution in [0.3, 0.4) is 0 Å². The Labute approximate surface area is 296 Å². The van der Waals surface area contributed by atoms with Crippen LogP contribution in [0, 0.1) is 0 Å². The summed E-state index contributed by atoms with van der Waals surface area (Å²) in [5.74, 6) is 0.592. The molecule has 4 rings (SSSR count). The van der Waals surface area contributed by atoms with Gasteiger partial charge in [-0.15, -0.1) is 0 Å². The van der Waals surface area contributed by atoms with Gasteiger partial charge in [0.25, 0.3) is 0 Å². The number of hydrogen-bond donors (Lipinski definition) is 0. The summed E-state index contributed by atoms with van der Waals surface area (Å²) in [6, 6.07) is 27.6. The van der Waals surface area contributed by atoms with Crippen molar-refractivity contribution in [2.45, 2.75) is 32.3 Å². The van der Waals surface area contributed by atoms with E-state index in [1.54, 1.807) is 97.4 Å². The third kappa shape index (κ3) is 14.0. The number of carbonyl (C=O) groups is 3. The van der Waals surface area contributed by atoms with Crippen molar-refractivity contribution in [3.8, 4) is 23.0 Å². The number of hydrogen-bond acceptors (Lipinski definition) is 11. The van der Waals surface area contributed by atoms with Crippen molar-refractivity contribution in [3.63, 3.8) is 0 Å². The molecule has 0 aliphatic heterocycles. The average molecular weight is 691 g/mol. The molecule has 262 valence electrons. The third-order valence-corrected chi connectivity index (χ3v) is 6.95. The molecule has 0 bridgehead atoms. The standard InChI is InChI=1S/C40H38N2O9/c1-3-38(43)47-26-8-6-5-7-25-46-34-23-15-33(16-24-34)40(45)50-36-17-9-30(10-18-36)27-41-42-28-31-11-21-37(22-12-31)51-48-29-32-13-19-35(20-14-32)49-39(44)4-2/h3-4,9-24,27-28H,1-2,5-8,25-26,29H2/b41-27+,42-28+. The molecular formula is C40H38N2O9. The second kappa shape index (κ2) is 20.9. The molecule has 11 nitrogen and oxygen atoms in total. The van der Waals surface area contributed by atoms with Gasteiger partial charge in [-0.25, -0.2) is 14.4 Å². The monoisotopic (exact) mass is 690 g/mol. The third-order valence-electron chi connectivity index (χ3n) is 6.95. The van der Waals surface area contributed by atoms with Crippen molar-refractivity contribution in [1.29, 1.82) is 0 Å². The molecule has 0 fully saturated rings. The van der Waals surface area contributed by atoms with Gasteiger partial charge in [0, 0.05) is 12.2 Å². The second-order valence-electron chi connectivity index (χ2n) is 10.8. The van der Waals surface area contributed by atoms with Crippen molar-refractivity contribution in [2.75, 3.05) is 13.2 Å². The van der Waals surface area contributed by atoms with Crippen LogP contribution >= 0.6 is 0 Å². The maximum Gasteiger partial charge on any atom is 0.343 e. The van der Waals surface area contributed by atoms with Gasteiger partial charge < -0.3 is 23.8 Å². The predicted octanol–water partition coefficient (Wildman–Crippen LogP) is 7.63. The number of esters is 3. The molecular weight excluding hydrogens is 652 g/mol. The highest BCUT2D eigenvalue weighted by molar-refractivity contribution is 5.91. The molecule has 0 N–H and O–H groups in total. The zero-order chi connectivity index (χ0) is 36.1. The van der Waals surface area contributed by atoms with E-state index in [2.05, 4.69) is 23.4 Å². The molecule has 0 saturated carbocycles. The smallest absolute Gasteiger partial charge is 0.343 e. The summed E-state index contributed by atoms with van der Waals surface area (Å²) in [7, 11) is 0. The van der Waals surface area contributed by atoms with E-state index in [-0.39, 0.29) is 6.61 Å². The Bertz CT molecular complexity index is 1780. The highest BCUT2D eigenvalue weighted by Gasteiger charge is 2.09. The van der Waals surface area contributed by atoms with Crippen LogP contribution in [0.4, 0.5) is 0 Å². The molecule has 11 heteroatoms. The zero-order valence-electron chi connectivity index (χ0n) is 28.0. The minimum Gasteiger partial charge on any atom is -0.494 e. The largest absolute Gasteiger partial charge is 0.494 e. The zero-order valence-corrected chi connectivity index (χ0v) is 28.0. The van der Waals surface area contributed by atoms with E-state index in [1.807, 2.05) is 12.1 Å². The molecule has 0 heterocycles. The van der Waals surface area contributed by atoms with E-state index in [0.717, 1.165) is 54.5 Å². The minimum absolute atomic E-state index is 0.199. The average Bonchev–Trinajstić information content (AvgIpc) is 3.16. The molecule has 0 aliphatic carbocycles. The number of rotatable bonds is 20. The Hall–Kier alpha value is -6.33. The van der Waals surface area contributed by atoms with E-state index in [4.69, 9.17) is 28.7 Å². The maximum absolute atomic E-state index is 12.6. The van der Waals surface area contributed by atoms with Crippen LogP contribution in [0.25, 0.3) is 0 Å². The summed E-state index contributed by atoms with van der Waals surface area (Å²) in [5, 5.41) is 8.17. The summed E-state index contributed by atoms with van der Waals surface area (Å²) in [6.07, 6.45) is 9.00. The van der Waals surface area contributed by atoms with E-state index in [0.29, 0.717) is 41.8 Å². The fourth-order valence-electron chi connectivity index (χ4n) is 4.24. The first-order chi connectivity index (χ1) is 24.9. The van der Waals surface area contributed by atoms with Crippen molar-refractivity contribution >= 4 is 30.3 Å². The molecule has 0 aliphatic rings. The van der Waals surface area contributed by atoms with Crippen molar-refractivity contribution in [1.82, 2.24) is 0 Å². The lowest BCUT2D eigenvalue weighted by Gasteiger charge is -2.08.